The minimum atomic E-state index is -1.41. The third-order valence-electron chi connectivity index (χ3n) is 2.79. The highest BCUT2D eigenvalue weighted by Crippen LogP contribution is 2.20. The summed E-state index contributed by atoms with van der Waals surface area (Å²) in [5.74, 6) is -2.94. The number of carbonyl (C=O) groups excluding carboxylic acids is 2. The number of rotatable bonds is 7. The second-order valence-electron chi connectivity index (χ2n) is 4.86. The van der Waals surface area contributed by atoms with Gasteiger partial charge in [-0.15, -0.1) is 0 Å². The highest BCUT2D eigenvalue weighted by Gasteiger charge is 2.26. The maximum Gasteiger partial charge on any atom is 0.333 e. The molecule has 122 valence electrons. The molecule has 1 amide bonds. The lowest BCUT2D eigenvalue weighted by Crippen LogP contribution is -2.35. The van der Waals surface area contributed by atoms with Crippen LogP contribution in [0.5, 0.6) is 0 Å². The van der Waals surface area contributed by atoms with Crippen LogP contribution in [0.1, 0.15) is 31.9 Å². The number of carbonyl (C=O) groups is 2. The number of halogens is 2. The molecule has 0 aromatic heterocycles. The zero-order chi connectivity index (χ0) is 16.7. The number of hydrogen-bond acceptors (Lipinski definition) is 4. The summed E-state index contributed by atoms with van der Waals surface area (Å²) in [7, 11) is 1.10. The van der Waals surface area contributed by atoms with Crippen LogP contribution in [0.15, 0.2) is 18.2 Å². The molecule has 0 spiro atoms. The second kappa shape index (κ2) is 8.43. The minimum Gasteiger partial charge on any atom is -0.467 e. The fraction of sp³-hybridized carbons (Fsp3) is 0.467. The van der Waals surface area contributed by atoms with Crippen LogP contribution in [-0.4, -0.2) is 31.7 Å². The highest BCUT2D eigenvalue weighted by atomic mass is 19.1. The Morgan fingerprint density at radius 2 is 1.95 bits per heavy atom. The number of methoxy groups -OCH3 is 1. The second-order valence-corrected chi connectivity index (χ2v) is 4.86. The molecule has 0 saturated heterocycles. The maximum absolute atomic E-state index is 13.8. The van der Waals surface area contributed by atoms with Crippen molar-refractivity contribution >= 4 is 11.9 Å². The van der Waals surface area contributed by atoms with Gasteiger partial charge in [-0.25, -0.2) is 13.6 Å². The molecule has 0 radical (unpaired) electrons. The van der Waals surface area contributed by atoms with Gasteiger partial charge < -0.3 is 14.8 Å². The van der Waals surface area contributed by atoms with E-state index in [1.54, 1.807) is 0 Å². The first kappa shape index (κ1) is 18.0. The lowest BCUT2D eigenvalue weighted by atomic mass is 10.1. The molecule has 0 aliphatic carbocycles. The first-order chi connectivity index (χ1) is 10.3. The first-order valence-electron chi connectivity index (χ1n) is 6.79. The van der Waals surface area contributed by atoms with Gasteiger partial charge >= 0.3 is 5.97 Å². The number of nitrogens with one attached hydrogen (secondary N) is 1. The third-order valence-corrected chi connectivity index (χ3v) is 2.79. The van der Waals surface area contributed by atoms with Gasteiger partial charge in [-0.1, -0.05) is 0 Å². The van der Waals surface area contributed by atoms with Gasteiger partial charge in [0.15, 0.2) is 6.04 Å². The van der Waals surface area contributed by atoms with Crippen LogP contribution in [-0.2, 0) is 19.1 Å². The van der Waals surface area contributed by atoms with Crippen LogP contribution in [0.4, 0.5) is 8.78 Å². The third kappa shape index (κ3) is 5.40. The molecule has 0 aliphatic heterocycles. The van der Waals surface area contributed by atoms with Gasteiger partial charge in [0.2, 0.25) is 5.91 Å². The molecule has 1 atom stereocenters. The van der Waals surface area contributed by atoms with Crippen molar-refractivity contribution in [1.82, 2.24) is 5.32 Å². The van der Waals surface area contributed by atoms with Crippen LogP contribution >= 0.6 is 0 Å². The van der Waals surface area contributed by atoms with Crippen molar-refractivity contribution in [1.29, 1.82) is 0 Å². The highest BCUT2D eigenvalue weighted by molar-refractivity contribution is 5.85. The van der Waals surface area contributed by atoms with Gasteiger partial charge in [0.25, 0.3) is 0 Å². The summed E-state index contributed by atoms with van der Waals surface area (Å²) in [6, 6.07) is 1.24. The predicted octanol–water partition coefficient (Wildman–Crippen LogP) is 2.11. The molecule has 5 nitrogen and oxygen atoms in total. The van der Waals surface area contributed by atoms with E-state index in [4.69, 9.17) is 4.74 Å². The monoisotopic (exact) mass is 315 g/mol. The lowest BCUT2D eigenvalue weighted by Gasteiger charge is -2.18. The van der Waals surface area contributed by atoms with Crippen LogP contribution in [0.3, 0.4) is 0 Å². The van der Waals surface area contributed by atoms with Gasteiger partial charge in [-0.05, 0) is 32.0 Å². The molecule has 0 heterocycles. The van der Waals surface area contributed by atoms with E-state index < -0.39 is 29.6 Å². The summed E-state index contributed by atoms with van der Waals surface area (Å²) in [4.78, 5) is 23.5. The van der Waals surface area contributed by atoms with E-state index in [0.29, 0.717) is 0 Å². The van der Waals surface area contributed by atoms with Gasteiger partial charge in [0.05, 0.1) is 26.2 Å². The van der Waals surface area contributed by atoms with E-state index in [2.05, 4.69) is 10.1 Å². The van der Waals surface area contributed by atoms with E-state index >= 15 is 0 Å². The number of benzene rings is 1. The molecule has 1 unspecified atom stereocenters. The van der Waals surface area contributed by atoms with Crippen molar-refractivity contribution in [2.45, 2.75) is 32.4 Å². The predicted molar refractivity (Wildman–Crippen MR) is 75.0 cm³/mol. The molecular weight excluding hydrogens is 296 g/mol. The minimum absolute atomic E-state index is 0.0113. The van der Waals surface area contributed by atoms with Gasteiger partial charge in [-0.3, -0.25) is 4.79 Å². The Kier molecular flexibility index (Phi) is 6.91. The van der Waals surface area contributed by atoms with Gasteiger partial charge in [-0.2, -0.15) is 0 Å². The van der Waals surface area contributed by atoms with E-state index in [1.807, 2.05) is 13.8 Å². The average Bonchev–Trinajstić information content (AvgIpc) is 2.46. The Hall–Kier alpha value is -2.02. The first-order valence-corrected chi connectivity index (χ1v) is 6.79. The Balaban J connectivity index is 2.83. The molecule has 0 fully saturated rings. The standard InChI is InChI=1S/C15H19F2NO4/c1-9(2)22-7-6-13(19)18-14(15(20)21-3)11-8-10(16)4-5-12(11)17/h4-5,8-9,14H,6-7H2,1-3H3,(H,18,19). The Labute approximate surface area is 127 Å². The van der Waals surface area contributed by atoms with Crippen LogP contribution < -0.4 is 5.32 Å². The summed E-state index contributed by atoms with van der Waals surface area (Å²) in [6.07, 6.45) is -0.0485. The fourth-order valence-electron chi connectivity index (χ4n) is 1.74. The van der Waals surface area contributed by atoms with Crippen molar-refractivity contribution < 1.29 is 27.8 Å². The summed E-state index contributed by atoms with van der Waals surface area (Å²) < 4.78 is 36.8. The summed E-state index contributed by atoms with van der Waals surface area (Å²) >= 11 is 0. The molecule has 7 heteroatoms. The normalized spacial score (nSPS) is 12.1. The van der Waals surface area contributed by atoms with Crippen molar-refractivity contribution in [3.05, 3.63) is 35.4 Å². The SMILES string of the molecule is COC(=O)C(NC(=O)CCOC(C)C)c1cc(F)ccc1F. The van der Waals surface area contributed by atoms with Crippen molar-refractivity contribution in [2.24, 2.45) is 0 Å². The Morgan fingerprint density at radius 1 is 1.27 bits per heavy atom. The molecular formula is C15H19F2NO4. The fourth-order valence-corrected chi connectivity index (χ4v) is 1.74. The van der Waals surface area contributed by atoms with Crippen molar-refractivity contribution in [3.63, 3.8) is 0 Å². The number of ether oxygens (including phenoxy) is 2. The average molecular weight is 315 g/mol. The number of hydrogen-bond donors (Lipinski definition) is 1. The Bertz CT molecular complexity index is 534. The van der Waals surface area contributed by atoms with Crippen LogP contribution in [0.25, 0.3) is 0 Å². The summed E-state index contributed by atoms with van der Waals surface area (Å²) in [5.41, 5.74) is -0.287. The Morgan fingerprint density at radius 3 is 2.55 bits per heavy atom. The van der Waals surface area contributed by atoms with E-state index in [1.165, 1.54) is 0 Å². The molecule has 0 saturated carbocycles. The molecule has 22 heavy (non-hydrogen) atoms. The summed E-state index contributed by atoms with van der Waals surface area (Å²) in [6.45, 7) is 3.79. The zero-order valence-electron chi connectivity index (χ0n) is 12.7. The van der Waals surface area contributed by atoms with Crippen molar-refractivity contribution in [2.75, 3.05) is 13.7 Å². The number of amides is 1. The summed E-state index contributed by atoms with van der Waals surface area (Å²) in [5, 5.41) is 2.33. The van der Waals surface area contributed by atoms with Crippen molar-refractivity contribution in [3.8, 4) is 0 Å². The molecule has 1 N–H and O–H groups in total. The van der Waals surface area contributed by atoms with E-state index in [-0.39, 0.29) is 24.7 Å². The molecule has 1 aromatic carbocycles. The van der Waals surface area contributed by atoms with Gasteiger partial charge in [0, 0.05) is 5.56 Å². The largest absolute Gasteiger partial charge is 0.467 e. The topological polar surface area (TPSA) is 64.6 Å². The zero-order valence-corrected chi connectivity index (χ0v) is 12.7. The smallest absolute Gasteiger partial charge is 0.333 e. The molecule has 0 bridgehead atoms. The van der Waals surface area contributed by atoms with Crippen LogP contribution in [0, 0.1) is 11.6 Å². The lowest BCUT2D eigenvalue weighted by molar-refractivity contribution is -0.145. The maximum atomic E-state index is 13.8. The molecule has 0 aliphatic rings. The molecule has 1 aromatic rings. The molecule has 1 rings (SSSR count). The van der Waals surface area contributed by atoms with E-state index in [0.717, 1.165) is 25.3 Å². The quantitative estimate of drug-likeness (QED) is 0.783. The van der Waals surface area contributed by atoms with Crippen LogP contribution in [0.2, 0.25) is 0 Å². The number of esters is 1. The van der Waals surface area contributed by atoms with Gasteiger partial charge in [0.1, 0.15) is 11.6 Å². The van der Waals surface area contributed by atoms with E-state index in [9.17, 15) is 18.4 Å².